The Morgan fingerprint density at radius 1 is 1.23 bits per heavy atom. The highest BCUT2D eigenvalue weighted by Gasteiger charge is 2.14. The molecule has 1 aromatic carbocycles. The molecule has 8 nitrogen and oxygen atoms in total. The van der Waals surface area contributed by atoms with Crippen LogP contribution < -0.4 is 4.74 Å². The SMILES string of the molecule is CCOc1cc(C=Nn2c(C)nnc2-n2nc(C)cc2C)cc(Br)c1O. The number of benzene rings is 1. The van der Waals surface area contributed by atoms with Gasteiger partial charge in [-0.25, -0.2) is 4.68 Å². The maximum atomic E-state index is 10.0. The van der Waals surface area contributed by atoms with Crippen LogP contribution in [0.25, 0.3) is 5.95 Å². The lowest BCUT2D eigenvalue weighted by molar-refractivity contribution is 0.317. The lowest BCUT2D eigenvalue weighted by atomic mass is 10.2. The van der Waals surface area contributed by atoms with Crippen LogP contribution >= 0.6 is 15.9 Å². The van der Waals surface area contributed by atoms with E-state index < -0.39 is 0 Å². The van der Waals surface area contributed by atoms with Crippen molar-refractivity contribution in [1.29, 1.82) is 0 Å². The van der Waals surface area contributed by atoms with Crippen LogP contribution in [0.3, 0.4) is 0 Å². The number of halogens is 1. The van der Waals surface area contributed by atoms with Crippen molar-refractivity contribution in [3.63, 3.8) is 0 Å². The number of aromatic hydroxyl groups is 1. The Morgan fingerprint density at radius 3 is 2.65 bits per heavy atom. The summed E-state index contributed by atoms with van der Waals surface area (Å²) in [6.07, 6.45) is 1.65. The predicted molar refractivity (Wildman–Crippen MR) is 101 cm³/mol. The molecule has 0 aliphatic carbocycles. The molecule has 0 bridgehead atoms. The van der Waals surface area contributed by atoms with Gasteiger partial charge in [-0.2, -0.15) is 14.9 Å². The van der Waals surface area contributed by atoms with Crippen molar-refractivity contribution in [1.82, 2.24) is 24.7 Å². The van der Waals surface area contributed by atoms with Crippen LogP contribution in [0.5, 0.6) is 11.5 Å². The number of ether oxygens (including phenoxy) is 1. The second-order valence-electron chi connectivity index (χ2n) is 5.72. The van der Waals surface area contributed by atoms with E-state index in [1.165, 1.54) is 0 Å². The van der Waals surface area contributed by atoms with Gasteiger partial charge < -0.3 is 9.84 Å². The molecule has 0 aliphatic heterocycles. The van der Waals surface area contributed by atoms with Crippen molar-refractivity contribution >= 4 is 22.1 Å². The average Bonchev–Trinajstić information content (AvgIpc) is 3.11. The zero-order chi connectivity index (χ0) is 18.8. The van der Waals surface area contributed by atoms with Gasteiger partial charge in [0.05, 0.1) is 23.0 Å². The van der Waals surface area contributed by atoms with Crippen molar-refractivity contribution in [3.8, 4) is 17.4 Å². The summed E-state index contributed by atoms with van der Waals surface area (Å²) in [5, 5.41) is 27.2. The van der Waals surface area contributed by atoms with Crippen LogP contribution in [0, 0.1) is 20.8 Å². The van der Waals surface area contributed by atoms with E-state index in [2.05, 4.69) is 36.3 Å². The second kappa shape index (κ2) is 7.28. The fourth-order valence-electron chi connectivity index (χ4n) is 2.50. The third kappa shape index (κ3) is 3.48. The van der Waals surface area contributed by atoms with E-state index in [0.29, 0.717) is 28.6 Å². The van der Waals surface area contributed by atoms with Crippen molar-refractivity contribution in [2.75, 3.05) is 6.61 Å². The molecule has 0 aliphatic rings. The van der Waals surface area contributed by atoms with Crippen LogP contribution in [0.15, 0.2) is 27.8 Å². The number of phenols is 1. The average molecular weight is 419 g/mol. The van der Waals surface area contributed by atoms with Crippen molar-refractivity contribution in [2.45, 2.75) is 27.7 Å². The summed E-state index contributed by atoms with van der Waals surface area (Å²) in [6, 6.07) is 5.43. The Morgan fingerprint density at radius 2 is 2.00 bits per heavy atom. The van der Waals surface area contributed by atoms with Gasteiger partial charge in [0.15, 0.2) is 17.3 Å². The van der Waals surface area contributed by atoms with Crippen LogP contribution in [0.2, 0.25) is 0 Å². The van der Waals surface area contributed by atoms with E-state index in [1.807, 2.05) is 33.8 Å². The van der Waals surface area contributed by atoms with E-state index in [9.17, 15) is 5.11 Å². The maximum Gasteiger partial charge on any atom is 0.273 e. The Labute approximate surface area is 159 Å². The monoisotopic (exact) mass is 418 g/mol. The summed E-state index contributed by atoms with van der Waals surface area (Å²) in [7, 11) is 0. The topological polar surface area (TPSA) is 90.4 Å². The number of phenolic OH excluding ortho intramolecular Hbond substituents is 1. The third-order valence-electron chi connectivity index (χ3n) is 3.65. The summed E-state index contributed by atoms with van der Waals surface area (Å²) >= 11 is 3.33. The number of hydrogen-bond donors (Lipinski definition) is 1. The molecule has 2 heterocycles. The van der Waals surface area contributed by atoms with Crippen LogP contribution in [-0.4, -0.2) is 42.6 Å². The third-order valence-corrected chi connectivity index (χ3v) is 4.26. The molecule has 0 saturated heterocycles. The van der Waals surface area contributed by atoms with Gasteiger partial charge in [-0.1, -0.05) is 0 Å². The molecule has 0 amide bonds. The Hall–Kier alpha value is -2.68. The van der Waals surface area contributed by atoms with Gasteiger partial charge in [0, 0.05) is 5.69 Å². The van der Waals surface area contributed by atoms with Gasteiger partial charge in [0.2, 0.25) is 0 Å². The molecule has 2 aromatic heterocycles. The molecule has 0 unspecified atom stereocenters. The van der Waals surface area contributed by atoms with Gasteiger partial charge in [-0.15, -0.1) is 10.2 Å². The van der Waals surface area contributed by atoms with Crippen molar-refractivity contribution in [3.05, 3.63) is 45.4 Å². The molecule has 3 aromatic rings. The van der Waals surface area contributed by atoms with Crippen LogP contribution in [-0.2, 0) is 0 Å². The minimum absolute atomic E-state index is 0.0628. The standard InChI is InChI=1S/C17H19BrN6O2/c1-5-26-15-8-13(7-14(18)16(15)25)9-19-24-12(4)20-21-17(24)23-11(3)6-10(2)22-23/h6-9,25H,5H2,1-4H3. The smallest absolute Gasteiger partial charge is 0.273 e. The number of aromatic nitrogens is 5. The summed E-state index contributed by atoms with van der Waals surface area (Å²) in [6.45, 7) is 7.99. The maximum absolute atomic E-state index is 10.0. The molecule has 3 rings (SSSR count). The lowest BCUT2D eigenvalue weighted by Gasteiger charge is -2.08. The Bertz CT molecular complexity index is 976. The minimum atomic E-state index is 0.0628. The number of aryl methyl sites for hydroxylation is 3. The highest BCUT2D eigenvalue weighted by molar-refractivity contribution is 9.10. The summed E-state index contributed by atoms with van der Waals surface area (Å²) < 4.78 is 9.29. The normalized spacial score (nSPS) is 11.4. The number of rotatable bonds is 5. The second-order valence-corrected chi connectivity index (χ2v) is 6.58. The van der Waals surface area contributed by atoms with Gasteiger partial charge in [-0.3, -0.25) is 0 Å². The van der Waals surface area contributed by atoms with Gasteiger partial charge in [0.25, 0.3) is 5.95 Å². The molecule has 1 N–H and O–H groups in total. The molecule has 0 fully saturated rings. The van der Waals surface area contributed by atoms with Crippen molar-refractivity contribution < 1.29 is 9.84 Å². The van der Waals surface area contributed by atoms with Crippen LogP contribution in [0.4, 0.5) is 0 Å². The highest BCUT2D eigenvalue weighted by Crippen LogP contribution is 2.35. The van der Waals surface area contributed by atoms with E-state index in [0.717, 1.165) is 17.0 Å². The molecule has 136 valence electrons. The molecule has 0 atom stereocenters. The first-order valence-corrected chi connectivity index (χ1v) is 8.85. The molecule has 9 heteroatoms. The summed E-state index contributed by atoms with van der Waals surface area (Å²) in [5.41, 5.74) is 2.59. The Balaban J connectivity index is 2.00. The molecule has 0 spiro atoms. The zero-order valence-electron chi connectivity index (χ0n) is 14.9. The number of nitrogens with zero attached hydrogens (tertiary/aromatic N) is 6. The number of hydrogen-bond acceptors (Lipinski definition) is 6. The fraction of sp³-hybridized carbons (Fsp3) is 0.294. The fourth-order valence-corrected chi connectivity index (χ4v) is 2.96. The molecule has 0 radical (unpaired) electrons. The molecular weight excluding hydrogens is 400 g/mol. The van der Waals surface area contributed by atoms with Gasteiger partial charge >= 0.3 is 0 Å². The van der Waals surface area contributed by atoms with Crippen molar-refractivity contribution in [2.24, 2.45) is 5.10 Å². The summed E-state index contributed by atoms with van der Waals surface area (Å²) in [5.74, 6) is 1.59. The molecule has 26 heavy (non-hydrogen) atoms. The quantitative estimate of drug-likeness (QED) is 0.642. The van der Waals surface area contributed by atoms with Gasteiger partial charge in [-0.05, 0) is 67.4 Å². The first-order chi connectivity index (χ1) is 12.4. The van der Waals surface area contributed by atoms with Crippen LogP contribution in [0.1, 0.15) is 29.7 Å². The highest BCUT2D eigenvalue weighted by atomic mass is 79.9. The zero-order valence-corrected chi connectivity index (χ0v) is 16.5. The predicted octanol–water partition coefficient (Wildman–Crippen LogP) is 3.14. The van der Waals surface area contributed by atoms with E-state index in [-0.39, 0.29) is 5.75 Å². The van der Waals surface area contributed by atoms with E-state index in [4.69, 9.17) is 4.74 Å². The minimum Gasteiger partial charge on any atom is -0.503 e. The van der Waals surface area contributed by atoms with Gasteiger partial charge in [0.1, 0.15) is 0 Å². The first-order valence-electron chi connectivity index (χ1n) is 8.06. The molecular formula is C17H19BrN6O2. The van der Waals surface area contributed by atoms with E-state index in [1.54, 1.807) is 27.7 Å². The lowest BCUT2D eigenvalue weighted by Crippen LogP contribution is -2.08. The largest absolute Gasteiger partial charge is 0.503 e. The molecule has 0 saturated carbocycles. The Kier molecular flexibility index (Phi) is 5.08. The summed E-state index contributed by atoms with van der Waals surface area (Å²) in [4.78, 5) is 0. The first kappa shape index (κ1) is 18.1. The van der Waals surface area contributed by atoms with E-state index >= 15 is 0 Å².